The van der Waals surface area contributed by atoms with Crippen LogP contribution in [0.3, 0.4) is 0 Å². The average molecular weight is 314 g/mol. The summed E-state index contributed by atoms with van der Waals surface area (Å²) >= 11 is 0. The van der Waals surface area contributed by atoms with Crippen LogP contribution in [0.4, 0.5) is 8.78 Å². The fourth-order valence-electron chi connectivity index (χ4n) is 1.95. The molecule has 0 saturated heterocycles. The van der Waals surface area contributed by atoms with Gasteiger partial charge < -0.3 is 10.4 Å². The lowest BCUT2D eigenvalue weighted by molar-refractivity contribution is -0.140. The van der Waals surface area contributed by atoms with Gasteiger partial charge in [-0.1, -0.05) is 20.3 Å². The summed E-state index contributed by atoms with van der Waals surface area (Å²) in [6.45, 7) is 3.43. The van der Waals surface area contributed by atoms with Crippen molar-refractivity contribution < 1.29 is 23.5 Å². The third-order valence-electron chi connectivity index (χ3n) is 3.37. The Morgan fingerprint density at radius 2 is 1.82 bits per heavy atom. The van der Waals surface area contributed by atoms with Gasteiger partial charge in [-0.05, 0) is 23.6 Å². The lowest BCUT2D eigenvalue weighted by Gasteiger charge is -2.19. The molecule has 0 bridgehead atoms. The number of carboxylic acid groups (broad SMARTS) is 1. The van der Waals surface area contributed by atoms with Gasteiger partial charge in [0.1, 0.15) is 17.7 Å². The third kappa shape index (κ3) is 5.77. The van der Waals surface area contributed by atoms with E-state index in [2.05, 4.69) is 10.6 Å². The Morgan fingerprint density at radius 3 is 2.32 bits per heavy atom. The number of aliphatic carboxylic acids is 1. The summed E-state index contributed by atoms with van der Waals surface area (Å²) < 4.78 is 26.0. The van der Waals surface area contributed by atoms with Crippen molar-refractivity contribution in [2.45, 2.75) is 32.9 Å². The van der Waals surface area contributed by atoms with Gasteiger partial charge in [0, 0.05) is 12.6 Å². The third-order valence-corrected chi connectivity index (χ3v) is 3.37. The number of nitrogens with one attached hydrogen (secondary N) is 2. The van der Waals surface area contributed by atoms with Crippen LogP contribution in [-0.4, -0.2) is 29.6 Å². The number of amides is 1. The molecule has 7 heteroatoms. The number of benzene rings is 1. The Kier molecular flexibility index (Phi) is 6.91. The molecule has 0 fully saturated rings. The van der Waals surface area contributed by atoms with Crippen molar-refractivity contribution in [3.05, 3.63) is 35.4 Å². The Labute approximate surface area is 127 Å². The smallest absolute Gasteiger partial charge is 0.320 e. The van der Waals surface area contributed by atoms with Crippen molar-refractivity contribution in [2.75, 3.05) is 6.54 Å². The van der Waals surface area contributed by atoms with Crippen LogP contribution in [0.2, 0.25) is 0 Å². The molecule has 0 aliphatic carbocycles. The normalized spacial score (nSPS) is 13.5. The van der Waals surface area contributed by atoms with E-state index in [4.69, 9.17) is 5.11 Å². The quantitative estimate of drug-likeness (QED) is 0.682. The molecule has 0 aliphatic rings. The summed E-state index contributed by atoms with van der Waals surface area (Å²) in [6, 6.07) is 2.17. The molecular formula is C15H20F2N2O3. The van der Waals surface area contributed by atoms with Crippen molar-refractivity contribution in [2.24, 2.45) is 5.92 Å². The van der Waals surface area contributed by atoms with Crippen LogP contribution in [0.1, 0.15) is 25.8 Å². The second kappa shape index (κ2) is 8.43. The Bertz CT molecular complexity index is 517. The maximum absolute atomic E-state index is 13.0. The monoisotopic (exact) mass is 314 g/mol. The highest BCUT2D eigenvalue weighted by atomic mass is 19.1. The number of carbonyl (C=O) groups excluding carboxylic acids is 1. The van der Waals surface area contributed by atoms with Crippen molar-refractivity contribution in [3.8, 4) is 0 Å². The fraction of sp³-hybridized carbons (Fsp3) is 0.467. The number of rotatable bonds is 8. The molecular weight excluding hydrogens is 294 g/mol. The molecule has 1 aromatic carbocycles. The lowest BCUT2D eigenvalue weighted by atomic mass is 9.99. The second-order valence-electron chi connectivity index (χ2n) is 5.14. The zero-order valence-electron chi connectivity index (χ0n) is 12.5. The molecule has 1 aromatic rings. The largest absolute Gasteiger partial charge is 0.480 e. The molecule has 1 rings (SSSR count). The van der Waals surface area contributed by atoms with Crippen molar-refractivity contribution in [1.82, 2.24) is 10.6 Å². The van der Waals surface area contributed by atoms with Gasteiger partial charge in [0.15, 0.2) is 0 Å². The van der Waals surface area contributed by atoms with E-state index in [0.29, 0.717) is 12.0 Å². The molecule has 2 atom stereocenters. The first-order valence-corrected chi connectivity index (χ1v) is 7.01. The van der Waals surface area contributed by atoms with Gasteiger partial charge in [-0.15, -0.1) is 0 Å². The number of hydrogen-bond donors (Lipinski definition) is 3. The van der Waals surface area contributed by atoms with E-state index in [-0.39, 0.29) is 19.0 Å². The topological polar surface area (TPSA) is 78.4 Å². The van der Waals surface area contributed by atoms with Crippen LogP contribution >= 0.6 is 0 Å². The fourth-order valence-corrected chi connectivity index (χ4v) is 1.95. The maximum atomic E-state index is 13.0. The molecule has 0 aliphatic heterocycles. The van der Waals surface area contributed by atoms with Gasteiger partial charge >= 0.3 is 5.97 Å². The molecule has 122 valence electrons. The number of halogens is 2. The zero-order valence-corrected chi connectivity index (χ0v) is 12.5. The van der Waals surface area contributed by atoms with Crippen LogP contribution in [0.25, 0.3) is 0 Å². The molecule has 3 N–H and O–H groups in total. The first-order valence-electron chi connectivity index (χ1n) is 7.01. The molecule has 0 unspecified atom stereocenters. The molecule has 0 saturated carbocycles. The Morgan fingerprint density at radius 1 is 1.23 bits per heavy atom. The molecule has 0 aromatic heterocycles. The summed E-state index contributed by atoms with van der Waals surface area (Å²) in [4.78, 5) is 22.8. The minimum absolute atomic E-state index is 0.0315. The van der Waals surface area contributed by atoms with E-state index in [1.165, 1.54) is 0 Å². The number of hydrogen-bond acceptors (Lipinski definition) is 3. The van der Waals surface area contributed by atoms with Crippen molar-refractivity contribution in [1.29, 1.82) is 0 Å². The summed E-state index contributed by atoms with van der Waals surface area (Å²) in [6.07, 6.45) is 0.661. The number of carbonyl (C=O) groups is 2. The van der Waals surface area contributed by atoms with E-state index in [0.717, 1.165) is 18.2 Å². The van der Waals surface area contributed by atoms with Gasteiger partial charge in [0.25, 0.3) is 0 Å². The summed E-state index contributed by atoms with van der Waals surface area (Å²) in [5, 5.41) is 14.2. The molecule has 5 nitrogen and oxygen atoms in total. The minimum atomic E-state index is -1.02. The van der Waals surface area contributed by atoms with Crippen LogP contribution in [0.5, 0.6) is 0 Å². The van der Waals surface area contributed by atoms with Crippen LogP contribution < -0.4 is 10.6 Å². The molecule has 0 spiro atoms. The minimum Gasteiger partial charge on any atom is -0.480 e. The SMILES string of the molecule is CC[C@H](C)[C@H](NCC(=O)NCc1cc(F)cc(F)c1)C(=O)O. The van der Waals surface area contributed by atoms with E-state index in [1.54, 1.807) is 6.92 Å². The molecule has 0 radical (unpaired) electrons. The standard InChI is InChI=1S/C15H20F2N2O3/c1-3-9(2)14(15(21)22)19-8-13(20)18-7-10-4-11(16)6-12(17)5-10/h4-6,9,14,19H,3,7-8H2,1-2H3,(H,18,20)(H,21,22)/t9-,14-/m0/s1. The Hall–Kier alpha value is -2.02. The van der Waals surface area contributed by atoms with Crippen LogP contribution in [-0.2, 0) is 16.1 Å². The molecule has 22 heavy (non-hydrogen) atoms. The van der Waals surface area contributed by atoms with Crippen LogP contribution in [0.15, 0.2) is 18.2 Å². The van der Waals surface area contributed by atoms with E-state index in [1.807, 2.05) is 6.92 Å². The summed E-state index contributed by atoms with van der Waals surface area (Å²) in [5.74, 6) is -3.02. The lowest BCUT2D eigenvalue weighted by Crippen LogP contribution is -2.46. The van der Waals surface area contributed by atoms with E-state index in [9.17, 15) is 18.4 Å². The van der Waals surface area contributed by atoms with Gasteiger partial charge in [0.2, 0.25) is 5.91 Å². The van der Waals surface area contributed by atoms with Gasteiger partial charge in [-0.3, -0.25) is 14.9 Å². The number of carboxylic acids is 1. The predicted octanol–water partition coefficient (Wildman–Crippen LogP) is 1.67. The zero-order chi connectivity index (χ0) is 16.7. The molecule has 1 amide bonds. The van der Waals surface area contributed by atoms with Gasteiger partial charge in [0.05, 0.1) is 6.54 Å². The second-order valence-corrected chi connectivity index (χ2v) is 5.14. The van der Waals surface area contributed by atoms with Crippen molar-refractivity contribution >= 4 is 11.9 Å². The van der Waals surface area contributed by atoms with E-state index >= 15 is 0 Å². The maximum Gasteiger partial charge on any atom is 0.320 e. The summed E-state index contributed by atoms with van der Waals surface area (Å²) in [7, 11) is 0. The molecule has 0 heterocycles. The highest BCUT2D eigenvalue weighted by Crippen LogP contribution is 2.08. The van der Waals surface area contributed by atoms with Gasteiger partial charge in [-0.25, -0.2) is 8.78 Å². The Balaban J connectivity index is 2.47. The first-order chi connectivity index (χ1) is 10.3. The highest BCUT2D eigenvalue weighted by Gasteiger charge is 2.23. The predicted molar refractivity (Wildman–Crippen MR) is 77.1 cm³/mol. The van der Waals surface area contributed by atoms with Crippen molar-refractivity contribution in [3.63, 3.8) is 0 Å². The van der Waals surface area contributed by atoms with E-state index < -0.39 is 29.6 Å². The highest BCUT2D eigenvalue weighted by molar-refractivity contribution is 5.80. The average Bonchev–Trinajstić information content (AvgIpc) is 2.43. The first kappa shape index (κ1) is 18.0. The van der Waals surface area contributed by atoms with Gasteiger partial charge in [-0.2, -0.15) is 0 Å². The summed E-state index contributed by atoms with van der Waals surface area (Å²) in [5.41, 5.74) is 0.294. The van der Waals surface area contributed by atoms with Crippen LogP contribution in [0, 0.1) is 17.6 Å².